The van der Waals surface area contributed by atoms with Gasteiger partial charge in [0, 0.05) is 59.9 Å². The Balaban J connectivity index is 0.00000420. The highest BCUT2D eigenvalue weighted by Crippen LogP contribution is 2.10. The van der Waals surface area contributed by atoms with Gasteiger partial charge in [0.25, 0.3) is 0 Å². The van der Waals surface area contributed by atoms with Crippen LogP contribution in [0.2, 0.25) is 0 Å². The average Bonchev–Trinajstić information content (AvgIpc) is 2.69. The summed E-state index contributed by atoms with van der Waals surface area (Å²) in [6.45, 7) is 10.9. The number of piperazine rings is 1. The van der Waals surface area contributed by atoms with Crippen LogP contribution in [0.25, 0.3) is 0 Å². The molecular weight excluding hydrogens is 483 g/mol. The highest BCUT2D eigenvalue weighted by atomic mass is 127. The molecule has 2 aliphatic heterocycles. The van der Waals surface area contributed by atoms with Crippen molar-refractivity contribution in [3.63, 3.8) is 0 Å². The number of hydrogen-bond donors (Lipinski definition) is 1. The third-order valence-electron chi connectivity index (χ3n) is 5.27. The maximum absolute atomic E-state index is 12.5. The molecule has 0 aromatic carbocycles. The molecule has 2 saturated heterocycles. The van der Waals surface area contributed by atoms with Crippen molar-refractivity contribution < 1.29 is 9.59 Å². The lowest BCUT2D eigenvalue weighted by Gasteiger charge is -2.37. The number of likely N-dealkylation sites (tertiary alicyclic amines) is 1. The maximum Gasteiger partial charge on any atom is 0.243 e. The van der Waals surface area contributed by atoms with Gasteiger partial charge in [-0.2, -0.15) is 0 Å². The number of rotatable bonds is 6. The number of amides is 2. The zero-order chi connectivity index (χ0) is 20.5. The van der Waals surface area contributed by atoms with Gasteiger partial charge < -0.3 is 20.0 Å². The van der Waals surface area contributed by atoms with Gasteiger partial charge in [-0.3, -0.25) is 14.5 Å². The summed E-state index contributed by atoms with van der Waals surface area (Å²) >= 11 is 0. The third kappa shape index (κ3) is 9.06. The first-order chi connectivity index (χ1) is 13.4. The molecule has 8 nitrogen and oxygen atoms in total. The molecule has 0 spiro atoms. The van der Waals surface area contributed by atoms with Gasteiger partial charge in [-0.05, 0) is 25.2 Å². The fraction of sp³-hybridized carbons (Fsp3) is 0.850. The molecule has 168 valence electrons. The number of nitrogens with one attached hydrogen (secondary N) is 1. The normalized spacial score (nSPS) is 18.4. The number of likely N-dealkylation sites (N-methyl/N-ethyl adjacent to an activating group) is 1. The van der Waals surface area contributed by atoms with Gasteiger partial charge in [-0.1, -0.05) is 13.8 Å². The van der Waals surface area contributed by atoms with Gasteiger partial charge in [-0.25, -0.2) is 4.99 Å². The summed E-state index contributed by atoms with van der Waals surface area (Å²) in [6.07, 6.45) is 3.50. The van der Waals surface area contributed by atoms with E-state index in [1.54, 1.807) is 19.0 Å². The molecule has 1 N–H and O–H groups in total. The second-order valence-corrected chi connectivity index (χ2v) is 8.41. The molecular formula is C20H39IN6O2. The first kappa shape index (κ1) is 25.9. The van der Waals surface area contributed by atoms with E-state index in [1.165, 1.54) is 6.42 Å². The molecule has 0 bridgehead atoms. The van der Waals surface area contributed by atoms with E-state index in [-0.39, 0.29) is 42.3 Å². The Bertz CT molecular complexity index is 541. The molecule has 29 heavy (non-hydrogen) atoms. The topological polar surface area (TPSA) is 71.5 Å². The number of carbonyl (C=O) groups excluding carboxylic acids is 2. The van der Waals surface area contributed by atoms with Crippen LogP contribution in [-0.4, -0.2) is 110 Å². The summed E-state index contributed by atoms with van der Waals surface area (Å²) in [5, 5.41) is 3.40. The first-order valence-corrected chi connectivity index (χ1v) is 10.6. The van der Waals surface area contributed by atoms with E-state index in [4.69, 9.17) is 0 Å². The zero-order valence-corrected chi connectivity index (χ0v) is 20.9. The predicted molar refractivity (Wildman–Crippen MR) is 128 cm³/mol. The molecule has 0 saturated carbocycles. The fourth-order valence-corrected chi connectivity index (χ4v) is 3.40. The Labute approximate surface area is 193 Å². The van der Waals surface area contributed by atoms with Crippen molar-refractivity contribution in [3.05, 3.63) is 0 Å². The van der Waals surface area contributed by atoms with E-state index in [1.807, 2.05) is 4.90 Å². The quantitative estimate of drug-likeness (QED) is 0.319. The van der Waals surface area contributed by atoms with Crippen molar-refractivity contribution in [1.82, 2.24) is 24.9 Å². The largest absolute Gasteiger partial charge is 0.356 e. The number of guanidine groups is 1. The van der Waals surface area contributed by atoms with Gasteiger partial charge in [-0.15, -0.1) is 24.0 Å². The van der Waals surface area contributed by atoms with Crippen molar-refractivity contribution >= 4 is 41.8 Å². The standard InChI is InChI=1S/C20H38N6O2.HI/c1-17(2)14-21-20(22-15-18(27)23(3)4)26-12-10-24(11-13-26)16-19(28)25-8-6-5-7-9-25;/h17H,5-16H2,1-4H3,(H,21,22);1H. The van der Waals surface area contributed by atoms with Crippen molar-refractivity contribution in [2.45, 2.75) is 33.1 Å². The molecule has 0 atom stereocenters. The lowest BCUT2D eigenvalue weighted by molar-refractivity contribution is -0.133. The van der Waals surface area contributed by atoms with Crippen molar-refractivity contribution in [3.8, 4) is 0 Å². The summed E-state index contributed by atoms with van der Waals surface area (Å²) in [4.78, 5) is 37.0. The van der Waals surface area contributed by atoms with Crippen LogP contribution in [0.4, 0.5) is 0 Å². The van der Waals surface area contributed by atoms with Crippen LogP contribution in [0.5, 0.6) is 0 Å². The second-order valence-electron chi connectivity index (χ2n) is 8.41. The number of carbonyl (C=O) groups is 2. The molecule has 2 aliphatic rings. The van der Waals surface area contributed by atoms with Gasteiger partial charge >= 0.3 is 0 Å². The van der Waals surface area contributed by atoms with Crippen LogP contribution >= 0.6 is 24.0 Å². The van der Waals surface area contributed by atoms with Crippen LogP contribution in [0.15, 0.2) is 4.99 Å². The Morgan fingerprint density at radius 1 is 0.966 bits per heavy atom. The van der Waals surface area contributed by atoms with E-state index in [9.17, 15) is 9.59 Å². The van der Waals surface area contributed by atoms with Gasteiger partial charge in [0.1, 0.15) is 6.54 Å². The van der Waals surface area contributed by atoms with E-state index in [2.05, 4.69) is 34.0 Å². The lowest BCUT2D eigenvalue weighted by atomic mass is 10.1. The summed E-state index contributed by atoms with van der Waals surface area (Å²) in [5.74, 6) is 1.55. The van der Waals surface area contributed by atoms with Crippen molar-refractivity contribution in [2.75, 3.05) is 73.0 Å². The summed E-state index contributed by atoms with van der Waals surface area (Å²) in [7, 11) is 3.49. The van der Waals surface area contributed by atoms with Crippen LogP contribution in [0.1, 0.15) is 33.1 Å². The zero-order valence-electron chi connectivity index (χ0n) is 18.5. The number of piperidine rings is 1. The predicted octanol–water partition coefficient (Wildman–Crippen LogP) is 0.924. The van der Waals surface area contributed by atoms with E-state index in [0.717, 1.165) is 64.6 Å². The minimum absolute atomic E-state index is 0. The Kier molecular flexibility index (Phi) is 11.9. The molecule has 2 fully saturated rings. The van der Waals surface area contributed by atoms with Crippen molar-refractivity contribution in [2.24, 2.45) is 10.9 Å². The minimum atomic E-state index is -0.00499. The molecule has 0 aliphatic carbocycles. The number of nitrogens with zero attached hydrogens (tertiary/aromatic N) is 5. The minimum Gasteiger partial charge on any atom is -0.356 e. The van der Waals surface area contributed by atoms with Gasteiger partial charge in [0.15, 0.2) is 5.96 Å². The average molecular weight is 522 g/mol. The summed E-state index contributed by atoms with van der Waals surface area (Å²) in [5.41, 5.74) is 0. The highest BCUT2D eigenvalue weighted by Gasteiger charge is 2.24. The molecule has 2 amide bonds. The second kappa shape index (κ2) is 13.3. The van der Waals surface area contributed by atoms with Gasteiger partial charge in [0.05, 0.1) is 6.54 Å². The Morgan fingerprint density at radius 3 is 2.14 bits per heavy atom. The number of hydrogen-bond acceptors (Lipinski definition) is 4. The van der Waals surface area contributed by atoms with Crippen LogP contribution in [-0.2, 0) is 9.59 Å². The van der Waals surface area contributed by atoms with Crippen LogP contribution in [0.3, 0.4) is 0 Å². The molecule has 0 aromatic rings. The maximum atomic E-state index is 12.5. The van der Waals surface area contributed by atoms with E-state index >= 15 is 0 Å². The fourth-order valence-electron chi connectivity index (χ4n) is 3.40. The van der Waals surface area contributed by atoms with E-state index < -0.39 is 0 Å². The molecule has 0 radical (unpaired) electrons. The number of aliphatic imine (C=N–C) groups is 1. The Morgan fingerprint density at radius 2 is 1.59 bits per heavy atom. The summed E-state index contributed by atoms with van der Waals surface area (Å²) in [6, 6.07) is 0. The number of halogens is 1. The lowest BCUT2D eigenvalue weighted by Crippen LogP contribution is -2.55. The molecule has 2 heterocycles. The van der Waals surface area contributed by atoms with E-state index in [0.29, 0.717) is 12.5 Å². The monoisotopic (exact) mass is 522 g/mol. The molecule has 0 unspecified atom stereocenters. The summed E-state index contributed by atoms with van der Waals surface area (Å²) < 4.78 is 0. The highest BCUT2D eigenvalue weighted by molar-refractivity contribution is 14.0. The SMILES string of the molecule is CC(C)CNC(=NCC(=O)N(C)C)N1CCN(CC(=O)N2CCCCC2)CC1.I. The van der Waals surface area contributed by atoms with Crippen LogP contribution in [0, 0.1) is 5.92 Å². The first-order valence-electron chi connectivity index (χ1n) is 10.6. The van der Waals surface area contributed by atoms with Crippen molar-refractivity contribution in [1.29, 1.82) is 0 Å². The third-order valence-corrected chi connectivity index (χ3v) is 5.27. The Hall–Kier alpha value is -1.10. The molecule has 9 heteroatoms. The van der Waals surface area contributed by atoms with Gasteiger partial charge in [0.2, 0.25) is 11.8 Å². The molecule has 0 aromatic heterocycles. The van der Waals surface area contributed by atoms with Crippen LogP contribution < -0.4 is 5.32 Å². The smallest absolute Gasteiger partial charge is 0.243 e. The molecule has 2 rings (SSSR count).